The topological polar surface area (TPSA) is 99.9 Å². The molecule has 170 valence electrons. The number of hydrogen-bond acceptors (Lipinski definition) is 8. The summed E-state index contributed by atoms with van der Waals surface area (Å²) in [6.45, 7) is 1.65. The van der Waals surface area contributed by atoms with Crippen molar-refractivity contribution in [2.24, 2.45) is 0 Å². The first-order valence-electron chi connectivity index (χ1n) is 10.0. The molecule has 2 aromatic heterocycles. The highest BCUT2D eigenvalue weighted by molar-refractivity contribution is 7.21. The number of aryl methyl sites for hydroxylation is 1. The predicted octanol–water partition coefficient (Wildman–Crippen LogP) is 4.85. The first kappa shape index (κ1) is 22.3. The number of para-hydroxylation sites is 1. The summed E-state index contributed by atoms with van der Waals surface area (Å²) in [6.07, 6.45) is 0.0624. The van der Waals surface area contributed by atoms with Crippen LogP contribution in [0.25, 0.3) is 20.8 Å². The summed E-state index contributed by atoms with van der Waals surface area (Å²) >= 11 is 1.40. The van der Waals surface area contributed by atoms with Gasteiger partial charge in [0.15, 0.2) is 11.5 Å². The summed E-state index contributed by atoms with van der Waals surface area (Å²) in [5.74, 6) is 0.694. The Morgan fingerprint density at radius 2 is 1.82 bits per heavy atom. The molecular formula is C24H22N2O6S. The van der Waals surface area contributed by atoms with Gasteiger partial charge in [0.1, 0.15) is 16.3 Å². The molecule has 0 unspecified atom stereocenters. The second kappa shape index (κ2) is 9.33. The highest BCUT2D eigenvalue weighted by Gasteiger charge is 2.28. The molecule has 0 atom stereocenters. The number of nitrogens with one attached hydrogen (secondary N) is 1. The van der Waals surface area contributed by atoms with Gasteiger partial charge in [0.2, 0.25) is 11.8 Å². The molecule has 9 heteroatoms. The molecule has 4 rings (SSSR count). The number of ether oxygens (including phenoxy) is 3. The zero-order valence-electron chi connectivity index (χ0n) is 18.6. The maximum atomic E-state index is 12.9. The summed E-state index contributed by atoms with van der Waals surface area (Å²) in [5.41, 5.74) is 2.15. The molecule has 2 heterocycles. The van der Waals surface area contributed by atoms with Gasteiger partial charge >= 0.3 is 5.97 Å². The number of carbonyl (C=O) groups excluding carboxylic acids is 2. The van der Waals surface area contributed by atoms with Crippen LogP contribution in [0.5, 0.6) is 11.5 Å². The van der Waals surface area contributed by atoms with Crippen LogP contribution in [0, 0.1) is 6.92 Å². The second-order valence-electron chi connectivity index (χ2n) is 7.13. The van der Waals surface area contributed by atoms with E-state index in [-0.39, 0.29) is 23.8 Å². The van der Waals surface area contributed by atoms with E-state index in [4.69, 9.17) is 18.6 Å². The van der Waals surface area contributed by atoms with Crippen molar-refractivity contribution in [3.63, 3.8) is 0 Å². The van der Waals surface area contributed by atoms with Crippen molar-refractivity contribution in [2.45, 2.75) is 13.3 Å². The van der Waals surface area contributed by atoms with E-state index in [9.17, 15) is 9.59 Å². The third-order valence-corrected chi connectivity index (χ3v) is 6.10. The van der Waals surface area contributed by atoms with E-state index in [0.717, 1.165) is 15.8 Å². The van der Waals surface area contributed by atoms with Crippen LogP contribution in [-0.4, -0.2) is 38.2 Å². The minimum absolute atomic E-state index is 0.0624. The third kappa shape index (κ3) is 4.40. The van der Waals surface area contributed by atoms with Crippen LogP contribution in [0.4, 0.5) is 5.88 Å². The fourth-order valence-electron chi connectivity index (χ4n) is 3.51. The lowest BCUT2D eigenvalue weighted by molar-refractivity contribution is -0.115. The van der Waals surface area contributed by atoms with Crippen LogP contribution in [0.2, 0.25) is 0 Å². The third-order valence-electron chi connectivity index (χ3n) is 5.05. The van der Waals surface area contributed by atoms with Crippen LogP contribution >= 0.6 is 11.3 Å². The van der Waals surface area contributed by atoms with Gasteiger partial charge in [0, 0.05) is 0 Å². The summed E-state index contributed by atoms with van der Waals surface area (Å²) in [6, 6.07) is 12.9. The van der Waals surface area contributed by atoms with Crippen molar-refractivity contribution in [1.82, 2.24) is 4.98 Å². The lowest BCUT2D eigenvalue weighted by Crippen LogP contribution is -2.15. The number of furan rings is 1. The highest BCUT2D eigenvalue weighted by Crippen LogP contribution is 2.40. The molecule has 1 amide bonds. The fourth-order valence-corrected chi connectivity index (χ4v) is 4.52. The van der Waals surface area contributed by atoms with Gasteiger partial charge < -0.3 is 18.6 Å². The molecule has 0 aliphatic heterocycles. The molecule has 0 bridgehead atoms. The van der Waals surface area contributed by atoms with Crippen molar-refractivity contribution in [1.29, 1.82) is 0 Å². The zero-order valence-corrected chi connectivity index (χ0v) is 19.4. The molecule has 0 fully saturated rings. The minimum Gasteiger partial charge on any atom is -0.493 e. The van der Waals surface area contributed by atoms with Crippen LogP contribution in [0.3, 0.4) is 0 Å². The minimum atomic E-state index is -0.564. The first-order chi connectivity index (χ1) is 15.9. The number of methoxy groups -OCH3 is 3. The van der Waals surface area contributed by atoms with Crippen molar-refractivity contribution < 1.29 is 28.2 Å². The van der Waals surface area contributed by atoms with Crippen molar-refractivity contribution >= 4 is 39.3 Å². The standard InChI is InChI=1S/C24H22N2O6S/c1-13-20(24(28)31-4)21(23-25-15-7-5-6-8-18(15)33-23)22(32-13)26-19(27)12-14-9-10-16(29-2)17(11-14)30-3/h5-11H,12H2,1-4H3,(H,26,27). The average molecular weight is 467 g/mol. The van der Waals surface area contributed by atoms with Crippen molar-refractivity contribution in [3.05, 3.63) is 59.4 Å². The number of carbonyl (C=O) groups is 2. The summed E-state index contributed by atoms with van der Waals surface area (Å²) in [5, 5.41) is 3.34. The van der Waals surface area contributed by atoms with Gasteiger partial charge in [-0.1, -0.05) is 18.2 Å². The van der Waals surface area contributed by atoms with Crippen molar-refractivity contribution in [2.75, 3.05) is 26.6 Å². The Balaban J connectivity index is 1.69. The number of benzene rings is 2. The fraction of sp³-hybridized carbons (Fsp3) is 0.208. The quantitative estimate of drug-likeness (QED) is 0.389. The van der Waals surface area contributed by atoms with Crippen LogP contribution in [-0.2, 0) is 16.0 Å². The summed E-state index contributed by atoms with van der Waals surface area (Å²) in [4.78, 5) is 30.0. The molecule has 0 saturated heterocycles. The predicted molar refractivity (Wildman–Crippen MR) is 125 cm³/mol. The Morgan fingerprint density at radius 1 is 1.06 bits per heavy atom. The Hall–Kier alpha value is -3.85. The Kier molecular flexibility index (Phi) is 6.32. The normalized spacial score (nSPS) is 10.8. The molecular weight excluding hydrogens is 444 g/mol. The highest BCUT2D eigenvalue weighted by atomic mass is 32.1. The number of aromatic nitrogens is 1. The van der Waals surface area contributed by atoms with E-state index in [1.54, 1.807) is 32.2 Å². The van der Waals surface area contributed by atoms with Gasteiger partial charge in [0.05, 0.1) is 43.5 Å². The molecule has 1 N–H and O–H groups in total. The molecule has 4 aromatic rings. The maximum Gasteiger partial charge on any atom is 0.342 e. The molecule has 0 saturated carbocycles. The number of esters is 1. The molecule has 0 aliphatic carbocycles. The molecule has 0 spiro atoms. The zero-order chi connectivity index (χ0) is 23.5. The van der Waals surface area contributed by atoms with E-state index >= 15 is 0 Å². The van der Waals surface area contributed by atoms with Crippen molar-refractivity contribution in [3.8, 4) is 22.1 Å². The molecule has 0 radical (unpaired) electrons. The molecule has 2 aromatic carbocycles. The van der Waals surface area contributed by atoms with Gasteiger partial charge in [-0.15, -0.1) is 11.3 Å². The molecule has 8 nitrogen and oxygen atoms in total. The van der Waals surface area contributed by atoms with E-state index in [1.165, 1.54) is 25.6 Å². The molecule has 0 aliphatic rings. The molecule has 33 heavy (non-hydrogen) atoms. The Labute approximate surface area is 194 Å². The number of hydrogen-bond donors (Lipinski definition) is 1. The van der Waals surface area contributed by atoms with Crippen LogP contribution in [0.15, 0.2) is 46.9 Å². The SMILES string of the molecule is COC(=O)c1c(C)oc(NC(=O)Cc2ccc(OC)c(OC)c2)c1-c1nc2ccccc2s1. The number of anilines is 1. The van der Waals surface area contributed by atoms with Crippen LogP contribution in [0.1, 0.15) is 21.7 Å². The van der Waals surface area contributed by atoms with E-state index in [1.807, 2.05) is 24.3 Å². The number of thiazole rings is 1. The monoisotopic (exact) mass is 466 g/mol. The number of nitrogens with zero attached hydrogens (tertiary/aromatic N) is 1. The lowest BCUT2D eigenvalue weighted by Gasteiger charge is -2.09. The second-order valence-corrected chi connectivity index (χ2v) is 8.16. The maximum absolute atomic E-state index is 12.9. The lowest BCUT2D eigenvalue weighted by atomic mass is 10.1. The average Bonchev–Trinajstić information content (AvgIpc) is 3.38. The number of amides is 1. The summed E-state index contributed by atoms with van der Waals surface area (Å²) < 4.78 is 22.2. The van der Waals surface area contributed by atoms with Crippen LogP contribution < -0.4 is 14.8 Å². The Morgan fingerprint density at radius 3 is 2.52 bits per heavy atom. The van der Waals surface area contributed by atoms with Gasteiger partial charge in [0.25, 0.3) is 0 Å². The van der Waals surface area contributed by atoms with Gasteiger partial charge in [-0.3, -0.25) is 10.1 Å². The largest absolute Gasteiger partial charge is 0.493 e. The van der Waals surface area contributed by atoms with E-state index in [0.29, 0.717) is 27.8 Å². The van der Waals surface area contributed by atoms with Gasteiger partial charge in [-0.05, 0) is 36.8 Å². The number of rotatable bonds is 7. The van der Waals surface area contributed by atoms with E-state index < -0.39 is 5.97 Å². The Bertz CT molecular complexity index is 1310. The number of fused-ring (bicyclic) bond motifs is 1. The van der Waals surface area contributed by atoms with Gasteiger partial charge in [-0.2, -0.15) is 0 Å². The van der Waals surface area contributed by atoms with Gasteiger partial charge in [-0.25, -0.2) is 9.78 Å². The summed E-state index contributed by atoms with van der Waals surface area (Å²) in [7, 11) is 4.38. The van der Waals surface area contributed by atoms with E-state index in [2.05, 4.69) is 10.3 Å². The first-order valence-corrected chi connectivity index (χ1v) is 10.8. The smallest absolute Gasteiger partial charge is 0.342 e.